The molecule has 0 aromatic heterocycles. The van der Waals surface area contributed by atoms with Crippen LogP contribution in [0.15, 0.2) is 24.3 Å². The number of sulfone groups is 1. The maximum atomic E-state index is 11.9. The highest BCUT2D eigenvalue weighted by Crippen LogP contribution is 2.29. The van der Waals surface area contributed by atoms with Crippen molar-refractivity contribution in [3.63, 3.8) is 0 Å². The average Bonchev–Trinajstić information content (AvgIpc) is 3.04. The molecule has 0 radical (unpaired) electrons. The first-order valence-corrected chi connectivity index (χ1v) is 11.9. The molecule has 1 aliphatic heterocycles. The minimum atomic E-state index is -3.08. The molecule has 1 aromatic carbocycles. The van der Waals surface area contributed by atoms with E-state index in [1.54, 1.807) is 24.3 Å². The van der Waals surface area contributed by atoms with Crippen molar-refractivity contribution in [2.24, 2.45) is 0 Å². The summed E-state index contributed by atoms with van der Waals surface area (Å²) in [6.07, 6.45) is 5.13. The highest BCUT2D eigenvalue weighted by molar-refractivity contribution is 7.91. The summed E-state index contributed by atoms with van der Waals surface area (Å²) in [5, 5.41) is 2.56. The highest BCUT2D eigenvalue weighted by Gasteiger charge is 2.28. The van der Waals surface area contributed by atoms with Crippen LogP contribution < -0.4 is 14.8 Å². The number of nitrogens with one attached hydrogen (secondary N) is 1. The molecule has 0 unspecified atom stereocenters. The summed E-state index contributed by atoms with van der Waals surface area (Å²) in [5.41, 5.74) is 0.721. The van der Waals surface area contributed by atoms with Gasteiger partial charge in [0.05, 0.1) is 24.7 Å². The summed E-state index contributed by atoms with van der Waals surface area (Å²) in [5.74, 6) is 0.0293. The van der Waals surface area contributed by atoms with E-state index in [9.17, 15) is 18.0 Å². The van der Waals surface area contributed by atoms with Gasteiger partial charge < -0.3 is 19.5 Å². The van der Waals surface area contributed by atoms with Gasteiger partial charge in [0.15, 0.2) is 27.9 Å². The lowest BCUT2D eigenvalue weighted by Gasteiger charge is -2.12. The van der Waals surface area contributed by atoms with Crippen molar-refractivity contribution in [3.05, 3.63) is 29.8 Å². The molecule has 8 nitrogen and oxygen atoms in total. The molecule has 1 heterocycles. The number of rotatable bonds is 11. The van der Waals surface area contributed by atoms with Gasteiger partial charge in [0.2, 0.25) is 0 Å². The zero-order chi connectivity index (χ0) is 22.0. The Kier molecular flexibility index (Phi) is 9.16. The molecule has 2 rings (SSSR count). The van der Waals surface area contributed by atoms with Gasteiger partial charge in [-0.05, 0) is 43.5 Å². The summed E-state index contributed by atoms with van der Waals surface area (Å²) >= 11 is 0. The first kappa shape index (κ1) is 23.7. The van der Waals surface area contributed by atoms with Crippen molar-refractivity contribution in [2.45, 2.75) is 39.2 Å². The molecule has 166 valence electrons. The normalized spacial score (nSPS) is 17.6. The molecule has 1 aromatic rings. The molecule has 0 spiro atoms. The van der Waals surface area contributed by atoms with Crippen molar-refractivity contribution in [2.75, 3.05) is 31.3 Å². The summed E-state index contributed by atoms with van der Waals surface area (Å²) in [4.78, 5) is 23.7. The maximum absolute atomic E-state index is 11.9. The Morgan fingerprint density at radius 3 is 2.67 bits per heavy atom. The molecule has 0 aliphatic carbocycles. The molecule has 1 atom stereocenters. The van der Waals surface area contributed by atoms with Gasteiger partial charge in [-0.3, -0.25) is 4.79 Å². The number of esters is 1. The maximum Gasteiger partial charge on any atom is 0.331 e. The van der Waals surface area contributed by atoms with E-state index in [4.69, 9.17) is 14.2 Å². The molecule has 0 saturated carbocycles. The third kappa shape index (κ3) is 8.06. The Bertz CT molecular complexity index is 864. The van der Waals surface area contributed by atoms with Crippen LogP contribution in [0.1, 0.15) is 38.7 Å². The fourth-order valence-corrected chi connectivity index (χ4v) is 4.54. The molecule has 1 N–H and O–H groups in total. The third-order valence-electron chi connectivity index (χ3n) is 4.38. The predicted molar refractivity (Wildman–Crippen MR) is 113 cm³/mol. The number of amides is 1. The molecule has 30 heavy (non-hydrogen) atoms. The predicted octanol–water partition coefficient (Wildman–Crippen LogP) is 2.12. The SMILES string of the molecule is CCCCOc1ccc(/C=C/C(=O)OCC(=O)N[C@@H]2CCS(=O)(=O)C2)cc1OCC. The summed E-state index contributed by atoms with van der Waals surface area (Å²) < 4.78 is 39.0. The van der Waals surface area contributed by atoms with Crippen LogP contribution in [0, 0.1) is 0 Å². The number of hydrogen-bond acceptors (Lipinski definition) is 7. The molecule has 1 fully saturated rings. The second-order valence-corrected chi connectivity index (χ2v) is 9.18. The van der Waals surface area contributed by atoms with Crippen molar-refractivity contribution in [3.8, 4) is 11.5 Å². The van der Waals surface area contributed by atoms with E-state index in [1.165, 1.54) is 6.08 Å². The summed E-state index contributed by atoms with van der Waals surface area (Å²) in [6.45, 7) is 4.59. The fourth-order valence-electron chi connectivity index (χ4n) is 2.87. The second kappa shape index (κ2) is 11.6. The van der Waals surface area contributed by atoms with E-state index in [1.807, 2.05) is 6.92 Å². The zero-order valence-corrected chi connectivity index (χ0v) is 18.2. The Labute approximate surface area is 177 Å². The smallest absolute Gasteiger partial charge is 0.331 e. The van der Waals surface area contributed by atoms with E-state index in [0.717, 1.165) is 18.4 Å². The van der Waals surface area contributed by atoms with Gasteiger partial charge >= 0.3 is 5.97 Å². The lowest BCUT2D eigenvalue weighted by molar-refractivity contribution is -0.143. The van der Waals surface area contributed by atoms with Gasteiger partial charge in [-0.15, -0.1) is 0 Å². The van der Waals surface area contributed by atoms with Gasteiger partial charge in [-0.2, -0.15) is 0 Å². The Morgan fingerprint density at radius 2 is 2.00 bits per heavy atom. The number of ether oxygens (including phenoxy) is 3. The van der Waals surface area contributed by atoms with E-state index in [-0.39, 0.29) is 11.5 Å². The summed E-state index contributed by atoms with van der Waals surface area (Å²) in [6, 6.07) is 4.92. The van der Waals surface area contributed by atoms with Gasteiger partial charge in [0, 0.05) is 12.1 Å². The molecule has 1 aliphatic rings. The second-order valence-electron chi connectivity index (χ2n) is 6.95. The van der Waals surface area contributed by atoms with Crippen LogP contribution >= 0.6 is 0 Å². The lowest BCUT2D eigenvalue weighted by Crippen LogP contribution is -2.38. The number of unbranched alkanes of at least 4 members (excludes halogenated alkanes) is 1. The van der Waals surface area contributed by atoms with Gasteiger partial charge in [0.1, 0.15) is 0 Å². The van der Waals surface area contributed by atoms with E-state index >= 15 is 0 Å². The molecular weight excluding hydrogens is 410 g/mol. The van der Waals surface area contributed by atoms with Crippen LogP contribution in [0.5, 0.6) is 11.5 Å². The largest absolute Gasteiger partial charge is 0.490 e. The van der Waals surface area contributed by atoms with Crippen LogP contribution in [0.2, 0.25) is 0 Å². The van der Waals surface area contributed by atoms with E-state index in [2.05, 4.69) is 12.2 Å². The van der Waals surface area contributed by atoms with Crippen LogP contribution in [0.25, 0.3) is 6.08 Å². The highest BCUT2D eigenvalue weighted by atomic mass is 32.2. The Morgan fingerprint density at radius 1 is 1.20 bits per heavy atom. The van der Waals surface area contributed by atoms with Crippen LogP contribution in [-0.4, -0.2) is 57.7 Å². The number of carbonyl (C=O) groups excluding carboxylic acids is 2. The van der Waals surface area contributed by atoms with Gasteiger partial charge in [-0.25, -0.2) is 13.2 Å². The van der Waals surface area contributed by atoms with Crippen LogP contribution in [0.3, 0.4) is 0 Å². The topological polar surface area (TPSA) is 108 Å². The molecule has 9 heteroatoms. The minimum Gasteiger partial charge on any atom is -0.490 e. The first-order valence-electron chi connectivity index (χ1n) is 10.1. The summed E-state index contributed by atoms with van der Waals surface area (Å²) in [7, 11) is -3.08. The number of benzene rings is 1. The Balaban J connectivity index is 1.84. The third-order valence-corrected chi connectivity index (χ3v) is 6.15. The standard InChI is InChI=1S/C21H29NO7S/c1-3-5-11-28-18-8-6-16(13-19(18)27-4-2)7-9-21(24)29-14-20(23)22-17-10-12-30(25,26)15-17/h6-9,13,17H,3-5,10-12,14-15H2,1-2H3,(H,22,23)/b9-7+/t17-/m1/s1. The lowest BCUT2D eigenvalue weighted by atomic mass is 10.2. The van der Waals surface area contributed by atoms with Gasteiger partial charge in [-0.1, -0.05) is 19.4 Å². The number of carbonyl (C=O) groups is 2. The molecule has 1 amide bonds. The molecule has 1 saturated heterocycles. The number of hydrogen-bond donors (Lipinski definition) is 1. The van der Waals surface area contributed by atoms with E-state index < -0.39 is 34.4 Å². The molecule has 0 bridgehead atoms. The van der Waals surface area contributed by atoms with Crippen molar-refractivity contribution in [1.82, 2.24) is 5.32 Å². The zero-order valence-electron chi connectivity index (χ0n) is 17.4. The van der Waals surface area contributed by atoms with Crippen molar-refractivity contribution < 1.29 is 32.2 Å². The van der Waals surface area contributed by atoms with Crippen molar-refractivity contribution in [1.29, 1.82) is 0 Å². The molecular formula is C21H29NO7S. The first-order chi connectivity index (χ1) is 14.3. The Hall–Kier alpha value is -2.55. The van der Waals surface area contributed by atoms with Gasteiger partial charge in [0.25, 0.3) is 5.91 Å². The minimum absolute atomic E-state index is 0.0621. The van der Waals surface area contributed by atoms with Crippen LogP contribution in [0.4, 0.5) is 0 Å². The van der Waals surface area contributed by atoms with Crippen molar-refractivity contribution >= 4 is 27.8 Å². The monoisotopic (exact) mass is 439 g/mol. The quantitative estimate of drug-likeness (QED) is 0.320. The van der Waals surface area contributed by atoms with E-state index in [0.29, 0.717) is 31.1 Å². The van der Waals surface area contributed by atoms with Crippen LogP contribution in [-0.2, 0) is 24.2 Å². The fraction of sp³-hybridized carbons (Fsp3) is 0.524. The average molecular weight is 440 g/mol.